The summed E-state index contributed by atoms with van der Waals surface area (Å²) in [6.07, 6.45) is -0.423. The zero-order valence-corrected chi connectivity index (χ0v) is 14.7. The fourth-order valence-electron chi connectivity index (χ4n) is 1.67. The Balaban J connectivity index is 1.91. The second-order valence-electron chi connectivity index (χ2n) is 6.50. The molecule has 1 N–H and O–H groups in total. The third-order valence-corrected chi connectivity index (χ3v) is 4.79. The van der Waals surface area contributed by atoms with Crippen molar-refractivity contribution in [3.05, 3.63) is 16.1 Å². The lowest BCUT2D eigenvalue weighted by atomic mass is 10.1. The molecule has 0 radical (unpaired) electrons. The first-order valence-corrected chi connectivity index (χ1v) is 8.65. The van der Waals surface area contributed by atoms with Gasteiger partial charge in [-0.15, -0.1) is 23.1 Å². The van der Waals surface area contributed by atoms with E-state index in [0.717, 1.165) is 21.5 Å². The number of nitrogens with one attached hydrogen (secondary N) is 1. The van der Waals surface area contributed by atoms with E-state index >= 15 is 0 Å². The molecule has 0 spiro atoms. The summed E-state index contributed by atoms with van der Waals surface area (Å²) in [6.45, 7) is 10.1. The Morgan fingerprint density at radius 3 is 2.76 bits per heavy atom. The predicted octanol–water partition coefficient (Wildman–Crippen LogP) is 3.44. The van der Waals surface area contributed by atoms with Crippen molar-refractivity contribution in [3.8, 4) is 0 Å². The third-order valence-electron chi connectivity index (χ3n) is 2.52. The van der Waals surface area contributed by atoms with E-state index in [0.29, 0.717) is 6.54 Å². The van der Waals surface area contributed by atoms with Crippen LogP contribution in [0.15, 0.2) is 10.4 Å². The number of rotatable bonds is 3. The summed E-state index contributed by atoms with van der Waals surface area (Å²) in [5.41, 5.74) is 0.397. The van der Waals surface area contributed by atoms with Crippen LogP contribution < -0.4 is 5.32 Å². The Morgan fingerprint density at radius 1 is 1.48 bits per heavy atom. The zero-order chi connectivity index (χ0) is 15.7. The van der Waals surface area contributed by atoms with Crippen molar-refractivity contribution in [2.24, 2.45) is 4.99 Å². The lowest BCUT2D eigenvalue weighted by Crippen LogP contribution is -2.32. The topological polar surface area (TPSA) is 63.6 Å². The summed E-state index contributed by atoms with van der Waals surface area (Å²) < 4.78 is 5.19. The fraction of sp³-hybridized carbons (Fsp3) is 0.643. The lowest BCUT2D eigenvalue weighted by molar-refractivity contribution is 0.0523. The number of aromatic nitrogens is 1. The normalized spacial score (nSPS) is 17.5. The molecule has 1 amide bonds. The largest absolute Gasteiger partial charge is 0.444 e. The van der Waals surface area contributed by atoms with E-state index in [1.807, 2.05) is 26.2 Å². The Labute approximate surface area is 133 Å². The average molecular weight is 327 g/mol. The molecular weight excluding hydrogens is 306 g/mol. The Morgan fingerprint density at radius 2 is 2.19 bits per heavy atom. The monoisotopic (exact) mass is 327 g/mol. The van der Waals surface area contributed by atoms with Crippen LogP contribution >= 0.6 is 23.1 Å². The maximum atomic E-state index is 11.6. The molecule has 0 aliphatic carbocycles. The molecule has 116 valence electrons. The van der Waals surface area contributed by atoms with Gasteiger partial charge < -0.3 is 10.1 Å². The van der Waals surface area contributed by atoms with Gasteiger partial charge in [0.05, 0.1) is 12.1 Å². The highest BCUT2D eigenvalue weighted by molar-refractivity contribution is 8.14. The summed E-state index contributed by atoms with van der Waals surface area (Å²) in [4.78, 5) is 20.8. The number of carbonyl (C=O) groups is 1. The van der Waals surface area contributed by atoms with Crippen LogP contribution in [-0.2, 0) is 11.3 Å². The SMILES string of the molecule is CC1(C)CSC(c2csc(CNC(=O)OC(C)(C)C)n2)=N1. The molecule has 2 rings (SSSR count). The molecule has 5 nitrogen and oxygen atoms in total. The molecule has 0 saturated carbocycles. The summed E-state index contributed by atoms with van der Waals surface area (Å²) >= 11 is 3.25. The molecule has 0 fully saturated rings. The Bertz CT molecular complexity index is 559. The van der Waals surface area contributed by atoms with Crippen LogP contribution in [-0.4, -0.2) is 33.0 Å². The molecule has 1 aromatic rings. The number of hydrogen-bond acceptors (Lipinski definition) is 6. The molecule has 0 unspecified atom stereocenters. The zero-order valence-electron chi connectivity index (χ0n) is 13.0. The Hall–Kier alpha value is -1.08. The van der Waals surface area contributed by atoms with Crippen molar-refractivity contribution in [1.82, 2.24) is 10.3 Å². The van der Waals surface area contributed by atoms with Gasteiger partial charge in [0.15, 0.2) is 0 Å². The quantitative estimate of drug-likeness (QED) is 0.923. The molecule has 7 heteroatoms. The van der Waals surface area contributed by atoms with Gasteiger partial charge in [0.2, 0.25) is 0 Å². The summed E-state index contributed by atoms with van der Waals surface area (Å²) in [6, 6.07) is 0. The smallest absolute Gasteiger partial charge is 0.408 e. The number of carbonyl (C=O) groups excluding carboxylic acids is 1. The van der Waals surface area contributed by atoms with Crippen LogP contribution in [0.4, 0.5) is 4.79 Å². The molecule has 0 saturated heterocycles. The molecule has 1 aliphatic heterocycles. The van der Waals surface area contributed by atoms with Crippen LogP contribution in [0.3, 0.4) is 0 Å². The minimum atomic E-state index is -0.487. The van der Waals surface area contributed by atoms with Gasteiger partial charge in [0.25, 0.3) is 0 Å². The van der Waals surface area contributed by atoms with E-state index in [-0.39, 0.29) is 5.54 Å². The molecule has 0 aromatic carbocycles. The number of ether oxygens (including phenoxy) is 1. The van der Waals surface area contributed by atoms with Gasteiger partial charge in [-0.05, 0) is 34.6 Å². The third kappa shape index (κ3) is 5.00. The van der Waals surface area contributed by atoms with Gasteiger partial charge in [0.1, 0.15) is 21.3 Å². The van der Waals surface area contributed by atoms with Gasteiger partial charge in [-0.2, -0.15) is 0 Å². The molecular formula is C14H21N3O2S2. The maximum Gasteiger partial charge on any atom is 0.408 e. The van der Waals surface area contributed by atoms with Crippen molar-refractivity contribution in [3.63, 3.8) is 0 Å². The predicted molar refractivity (Wildman–Crippen MR) is 88.3 cm³/mol. The molecule has 1 aromatic heterocycles. The number of hydrogen-bond donors (Lipinski definition) is 1. The number of amides is 1. The lowest BCUT2D eigenvalue weighted by Gasteiger charge is -2.19. The van der Waals surface area contributed by atoms with Crippen LogP contribution in [0.5, 0.6) is 0 Å². The van der Waals surface area contributed by atoms with Gasteiger partial charge >= 0.3 is 6.09 Å². The summed E-state index contributed by atoms with van der Waals surface area (Å²) in [5.74, 6) is 0.978. The van der Waals surface area contributed by atoms with Gasteiger partial charge in [-0.25, -0.2) is 9.78 Å². The minimum Gasteiger partial charge on any atom is -0.444 e. The van der Waals surface area contributed by atoms with E-state index in [4.69, 9.17) is 4.74 Å². The first-order valence-electron chi connectivity index (χ1n) is 6.79. The average Bonchev–Trinajstić information content (AvgIpc) is 2.90. The first-order chi connectivity index (χ1) is 9.65. The number of alkyl carbamates (subject to hydrolysis) is 1. The second kappa shape index (κ2) is 5.96. The van der Waals surface area contributed by atoms with Crippen molar-refractivity contribution >= 4 is 34.2 Å². The minimum absolute atomic E-state index is 0.0153. The van der Waals surface area contributed by atoms with Crippen molar-refractivity contribution in [2.75, 3.05) is 5.75 Å². The first kappa shape index (κ1) is 16.3. The van der Waals surface area contributed by atoms with E-state index < -0.39 is 11.7 Å². The summed E-state index contributed by atoms with van der Waals surface area (Å²) in [7, 11) is 0. The molecule has 21 heavy (non-hydrogen) atoms. The molecule has 0 atom stereocenters. The Kier molecular flexibility index (Phi) is 4.63. The number of nitrogens with zero attached hydrogens (tertiary/aromatic N) is 2. The van der Waals surface area contributed by atoms with Crippen LogP contribution in [0.2, 0.25) is 0 Å². The highest BCUT2D eigenvalue weighted by Crippen LogP contribution is 2.30. The van der Waals surface area contributed by atoms with Crippen LogP contribution in [0.1, 0.15) is 45.3 Å². The van der Waals surface area contributed by atoms with Gasteiger partial charge in [0, 0.05) is 11.1 Å². The van der Waals surface area contributed by atoms with E-state index in [9.17, 15) is 4.79 Å². The highest BCUT2D eigenvalue weighted by Gasteiger charge is 2.27. The van der Waals surface area contributed by atoms with Gasteiger partial charge in [-0.1, -0.05) is 0 Å². The standard InChI is InChI=1S/C14H21N3O2S2/c1-13(2,3)19-12(18)15-6-10-16-9(7-20-10)11-17-14(4,5)8-21-11/h7H,6,8H2,1-5H3,(H,15,18). The highest BCUT2D eigenvalue weighted by atomic mass is 32.2. The fourth-order valence-corrected chi connectivity index (χ4v) is 3.58. The van der Waals surface area contributed by atoms with E-state index in [1.54, 1.807) is 11.8 Å². The second-order valence-corrected chi connectivity index (χ2v) is 8.41. The van der Waals surface area contributed by atoms with E-state index in [1.165, 1.54) is 11.3 Å². The molecule has 2 heterocycles. The van der Waals surface area contributed by atoms with Crippen LogP contribution in [0, 0.1) is 0 Å². The van der Waals surface area contributed by atoms with Crippen LogP contribution in [0.25, 0.3) is 0 Å². The van der Waals surface area contributed by atoms with Gasteiger partial charge in [-0.3, -0.25) is 4.99 Å². The van der Waals surface area contributed by atoms with Crippen molar-refractivity contribution in [1.29, 1.82) is 0 Å². The number of aliphatic imine (C=N–C) groups is 1. The van der Waals surface area contributed by atoms with Crippen molar-refractivity contribution in [2.45, 2.75) is 52.3 Å². The number of thioether (sulfide) groups is 1. The van der Waals surface area contributed by atoms with E-state index in [2.05, 4.69) is 29.1 Å². The molecule has 1 aliphatic rings. The summed E-state index contributed by atoms with van der Waals surface area (Å²) in [5, 5.41) is 6.54. The number of thiazole rings is 1. The maximum absolute atomic E-state index is 11.6. The molecule has 0 bridgehead atoms. The van der Waals surface area contributed by atoms with Crippen molar-refractivity contribution < 1.29 is 9.53 Å².